The van der Waals surface area contributed by atoms with E-state index in [1.807, 2.05) is 60.7 Å². The summed E-state index contributed by atoms with van der Waals surface area (Å²) in [6, 6.07) is 18.0. The normalized spacial score (nSPS) is 16.7. The third-order valence-corrected chi connectivity index (χ3v) is 4.21. The van der Waals surface area contributed by atoms with Gasteiger partial charge >= 0.3 is 51.4 Å². The van der Waals surface area contributed by atoms with Gasteiger partial charge in [-0.3, -0.25) is 10.1 Å². The van der Waals surface area contributed by atoms with E-state index in [0.29, 0.717) is 10.1 Å². The molecule has 1 saturated heterocycles. The molecule has 6 heteroatoms. The van der Waals surface area contributed by atoms with E-state index in [2.05, 4.69) is 16.4 Å². The molecule has 2 aromatic rings. The molecule has 25 heavy (non-hydrogen) atoms. The molecule has 1 amide bonds. The van der Waals surface area contributed by atoms with Crippen LogP contribution >= 0.6 is 11.8 Å². The molecule has 4 nitrogen and oxygen atoms in total. The summed E-state index contributed by atoms with van der Waals surface area (Å²) in [4.78, 5) is 15.8. The molecule has 0 saturated carbocycles. The van der Waals surface area contributed by atoms with Crippen LogP contribution in [0.3, 0.4) is 0 Å². The Balaban J connectivity index is 0.00000225. The van der Waals surface area contributed by atoms with Gasteiger partial charge in [0.2, 0.25) is 6.19 Å². The van der Waals surface area contributed by atoms with Crippen LogP contribution in [-0.2, 0) is 4.79 Å². The third kappa shape index (κ3) is 5.78. The molecule has 0 atom stereocenters. The molecule has 0 aromatic heterocycles. The molecule has 1 aliphatic rings. The molecule has 0 unspecified atom stereocenters. The second-order valence-electron chi connectivity index (χ2n) is 4.99. The Hall–Kier alpha value is -1.46. The van der Waals surface area contributed by atoms with Crippen molar-refractivity contribution in [1.29, 1.82) is 5.26 Å². The predicted octanol–water partition coefficient (Wildman–Crippen LogP) is 3.25. The Bertz CT molecular complexity index is 881. The first-order valence-corrected chi connectivity index (χ1v) is 8.07. The van der Waals surface area contributed by atoms with E-state index in [-0.39, 0.29) is 57.3 Å². The number of thioether (sulfide) groups is 1. The molecule has 1 N–H and O–H groups in total. The van der Waals surface area contributed by atoms with Gasteiger partial charge in [-0.05, 0) is 34.5 Å². The van der Waals surface area contributed by atoms with Gasteiger partial charge in [-0.15, -0.1) is 4.99 Å². The second-order valence-corrected chi connectivity index (χ2v) is 6.02. The van der Waals surface area contributed by atoms with Crippen molar-refractivity contribution < 1.29 is 4.79 Å². The maximum absolute atomic E-state index is 11.8. The fraction of sp³-hybridized carbons (Fsp3) is 0. The van der Waals surface area contributed by atoms with E-state index < -0.39 is 0 Å². The van der Waals surface area contributed by atoms with Crippen molar-refractivity contribution in [3.05, 3.63) is 76.2 Å². The van der Waals surface area contributed by atoms with Crippen LogP contribution in [0.25, 0.3) is 18.2 Å². The third-order valence-electron chi connectivity index (χ3n) is 3.30. The molecule has 0 radical (unpaired) electrons. The summed E-state index contributed by atoms with van der Waals surface area (Å²) in [6.45, 7) is 0. The van der Waals surface area contributed by atoms with Crippen molar-refractivity contribution in [3.8, 4) is 6.19 Å². The van der Waals surface area contributed by atoms with Gasteiger partial charge in [0.1, 0.15) is 0 Å². The van der Waals surface area contributed by atoms with E-state index in [9.17, 15) is 4.79 Å². The van der Waals surface area contributed by atoms with Crippen molar-refractivity contribution in [1.82, 2.24) is 5.32 Å². The molecule has 1 fully saturated rings. The van der Waals surface area contributed by atoms with E-state index in [1.54, 1.807) is 12.3 Å². The summed E-state index contributed by atoms with van der Waals surface area (Å²) in [6.07, 6.45) is 7.55. The number of benzene rings is 2. The van der Waals surface area contributed by atoms with Crippen LogP contribution < -0.4 is 5.32 Å². The molecule has 3 rings (SSSR count). The van der Waals surface area contributed by atoms with Gasteiger partial charge in [-0.2, -0.15) is 5.26 Å². The number of amidine groups is 1. The summed E-state index contributed by atoms with van der Waals surface area (Å²) in [5.74, 6) is -0.234. The van der Waals surface area contributed by atoms with Gasteiger partial charge in [0.05, 0.1) is 4.91 Å². The number of aliphatic imine (C=N–C) groups is 1. The van der Waals surface area contributed by atoms with E-state index in [4.69, 9.17) is 5.26 Å². The minimum atomic E-state index is -0.234. The SMILES string of the molecule is N#CN=C1NC(=O)C(=Cc2ccc(C=Cc3ccccc3)cc2)S1.[KH]. The first-order valence-electron chi connectivity index (χ1n) is 7.25. The molecule has 0 aliphatic carbocycles. The minimum absolute atomic E-state index is 0. The van der Waals surface area contributed by atoms with Crippen molar-refractivity contribution in [2.24, 2.45) is 4.99 Å². The topological polar surface area (TPSA) is 65.2 Å². The monoisotopic (exact) mass is 371 g/mol. The van der Waals surface area contributed by atoms with Gasteiger partial charge < -0.3 is 0 Å². The Labute approximate surface area is 193 Å². The Morgan fingerprint density at radius 3 is 2.20 bits per heavy atom. The summed E-state index contributed by atoms with van der Waals surface area (Å²) in [5.41, 5.74) is 3.14. The number of hydrogen-bond donors (Lipinski definition) is 1. The van der Waals surface area contributed by atoms with Crippen LogP contribution in [0.1, 0.15) is 16.7 Å². The molecule has 118 valence electrons. The zero-order chi connectivity index (χ0) is 16.8. The number of nitriles is 1. The second kappa shape index (κ2) is 9.87. The van der Waals surface area contributed by atoms with Crippen LogP contribution in [0, 0.1) is 11.5 Å². The van der Waals surface area contributed by atoms with Gasteiger partial charge in [0.15, 0.2) is 5.17 Å². The average Bonchev–Trinajstić information content (AvgIpc) is 2.95. The fourth-order valence-electron chi connectivity index (χ4n) is 2.14. The molecule has 0 spiro atoms. The number of carbonyl (C=O) groups excluding carboxylic acids is 1. The number of rotatable bonds is 3. The van der Waals surface area contributed by atoms with Crippen molar-refractivity contribution in [3.63, 3.8) is 0 Å². The number of amides is 1. The Kier molecular flexibility index (Phi) is 7.84. The first-order chi connectivity index (χ1) is 11.7. The average molecular weight is 372 g/mol. The maximum atomic E-state index is 11.8. The number of hydrogen-bond acceptors (Lipinski definition) is 4. The quantitative estimate of drug-likeness (QED) is 0.390. The molecular formula is C19H14KN3OS. The van der Waals surface area contributed by atoms with Crippen LogP contribution in [0.5, 0.6) is 0 Å². The van der Waals surface area contributed by atoms with Gasteiger partial charge in [-0.25, -0.2) is 0 Å². The van der Waals surface area contributed by atoms with Crippen LogP contribution in [0.15, 0.2) is 64.5 Å². The summed E-state index contributed by atoms with van der Waals surface area (Å²) in [7, 11) is 0. The number of carbonyl (C=O) groups is 1. The zero-order valence-corrected chi connectivity index (χ0v) is 13.5. The van der Waals surface area contributed by atoms with Gasteiger partial charge in [0.25, 0.3) is 5.91 Å². The van der Waals surface area contributed by atoms with E-state index in [1.165, 1.54) is 0 Å². The Morgan fingerprint density at radius 1 is 0.960 bits per heavy atom. The fourth-order valence-corrected chi connectivity index (χ4v) is 2.91. The summed E-state index contributed by atoms with van der Waals surface area (Å²) in [5, 5.41) is 11.4. The van der Waals surface area contributed by atoms with Crippen LogP contribution in [0.2, 0.25) is 0 Å². The molecule has 2 aromatic carbocycles. The van der Waals surface area contributed by atoms with Crippen LogP contribution in [0.4, 0.5) is 0 Å². The van der Waals surface area contributed by atoms with E-state index in [0.717, 1.165) is 28.5 Å². The van der Waals surface area contributed by atoms with Crippen molar-refractivity contribution >= 4 is 92.4 Å². The van der Waals surface area contributed by atoms with E-state index >= 15 is 0 Å². The standard InChI is InChI=1S/C19H13N3OS.K.H/c20-13-21-19-22-18(23)17(24-19)12-16-10-8-15(9-11-16)7-6-14-4-2-1-3-5-14;;/h1-12H,(H,21,22,23);;. The molecule has 1 aliphatic heterocycles. The summed E-state index contributed by atoms with van der Waals surface area (Å²) < 4.78 is 0. The zero-order valence-electron chi connectivity index (χ0n) is 12.6. The summed E-state index contributed by atoms with van der Waals surface area (Å²) >= 11 is 1.16. The van der Waals surface area contributed by atoms with Crippen molar-refractivity contribution in [2.75, 3.05) is 0 Å². The Morgan fingerprint density at radius 2 is 1.56 bits per heavy atom. The number of nitrogens with one attached hydrogen (secondary N) is 1. The van der Waals surface area contributed by atoms with Gasteiger partial charge in [0, 0.05) is 0 Å². The predicted molar refractivity (Wildman–Crippen MR) is 106 cm³/mol. The number of nitrogens with zero attached hydrogens (tertiary/aromatic N) is 2. The van der Waals surface area contributed by atoms with Crippen LogP contribution in [-0.4, -0.2) is 62.5 Å². The van der Waals surface area contributed by atoms with Gasteiger partial charge in [-0.1, -0.05) is 66.7 Å². The van der Waals surface area contributed by atoms with Crippen molar-refractivity contribution in [2.45, 2.75) is 0 Å². The molecule has 0 bridgehead atoms. The molecular weight excluding hydrogens is 357 g/mol. The first kappa shape index (κ1) is 19.9. The molecule has 1 heterocycles.